The number of hydrogen-bond donors (Lipinski definition) is 0. The summed E-state index contributed by atoms with van der Waals surface area (Å²) < 4.78 is 22.5. The summed E-state index contributed by atoms with van der Waals surface area (Å²) in [6, 6.07) is 0. The maximum Gasteiger partial charge on any atom is 0.306 e. The predicted molar refractivity (Wildman–Crippen MR) is 219 cm³/mol. The second kappa shape index (κ2) is 37.2. The van der Waals surface area contributed by atoms with Gasteiger partial charge in [0.2, 0.25) is 0 Å². The third-order valence-electron chi connectivity index (χ3n) is 8.84. The van der Waals surface area contributed by atoms with Gasteiger partial charge in [-0.2, -0.15) is 0 Å². The molecule has 0 aromatic rings. The van der Waals surface area contributed by atoms with Gasteiger partial charge in [-0.1, -0.05) is 146 Å². The van der Waals surface area contributed by atoms with Crippen LogP contribution in [0.5, 0.6) is 0 Å². The van der Waals surface area contributed by atoms with E-state index in [0.29, 0.717) is 17.4 Å². The lowest BCUT2D eigenvalue weighted by Crippen LogP contribution is -2.44. The molecule has 9 heteroatoms. The fraction of sp³-hybridized carbons (Fsp3) is 0.756. The van der Waals surface area contributed by atoms with E-state index in [1.54, 1.807) is 0 Å². The van der Waals surface area contributed by atoms with E-state index in [2.05, 4.69) is 62.5 Å². The number of ether oxygens (including phenoxy) is 4. The van der Waals surface area contributed by atoms with Gasteiger partial charge in [0, 0.05) is 12.8 Å². The Bertz CT molecular complexity index is 1030. The zero-order valence-electron chi connectivity index (χ0n) is 35.1. The van der Waals surface area contributed by atoms with Gasteiger partial charge in [0.15, 0.2) is 12.4 Å². The van der Waals surface area contributed by atoms with Gasteiger partial charge in [-0.3, -0.25) is 9.59 Å². The van der Waals surface area contributed by atoms with E-state index in [0.717, 1.165) is 83.5 Å². The van der Waals surface area contributed by atoms with Crippen LogP contribution in [0, 0.1) is 0 Å². The number of rotatable bonds is 38. The fourth-order valence-electron chi connectivity index (χ4n) is 5.52. The first-order valence-electron chi connectivity index (χ1n) is 21.3. The smallest absolute Gasteiger partial charge is 0.306 e. The molecule has 0 bridgehead atoms. The molecular formula is C45H79NO8. The van der Waals surface area contributed by atoms with Crippen molar-refractivity contribution in [3.8, 4) is 0 Å². The van der Waals surface area contributed by atoms with Gasteiger partial charge in [-0.05, 0) is 51.4 Å². The number of allylic oxidation sites excluding steroid dienone is 8. The average molecular weight is 762 g/mol. The Hall–Kier alpha value is -2.75. The van der Waals surface area contributed by atoms with Crippen molar-refractivity contribution in [2.45, 2.75) is 174 Å². The Labute approximate surface area is 330 Å². The van der Waals surface area contributed by atoms with Gasteiger partial charge in [0.1, 0.15) is 13.2 Å². The SMILES string of the molecule is CC/C=C\C/C=C\C/C=C\C/C=C\CCCCCCCCC(=O)OC(COC(=O)CCCCCCCCCCCC)COC(OCC[N+](C)(C)C)C(=O)[O-]. The number of likely N-dealkylation sites (N-methyl/N-ethyl adjacent to an activating group) is 1. The molecular weight excluding hydrogens is 682 g/mol. The van der Waals surface area contributed by atoms with E-state index in [4.69, 9.17) is 18.9 Å². The Kier molecular flexibility index (Phi) is 35.3. The average Bonchev–Trinajstić information content (AvgIpc) is 3.12. The van der Waals surface area contributed by atoms with Crippen molar-refractivity contribution in [1.29, 1.82) is 0 Å². The minimum atomic E-state index is -1.62. The van der Waals surface area contributed by atoms with Gasteiger partial charge < -0.3 is 33.3 Å². The third-order valence-corrected chi connectivity index (χ3v) is 8.84. The normalized spacial score (nSPS) is 13.4. The molecule has 0 aliphatic rings. The lowest BCUT2D eigenvalue weighted by Gasteiger charge is -2.26. The number of esters is 2. The van der Waals surface area contributed by atoms with Crippen LogP contribution in [0.1, 0.15) is 162 Å². The summed E-state index contributed by atoms with van der Waals surface area (Å²) in [5.74, 6) is -2.31. The Morgan fingerprint density at radius 1 is 0.574 bits per heavy atom. The molecule has 0 aliphatic carbocycles. The lowest BCUT2D eigenvalue weighted by atomic mass is 10.1. The molecule has 0 amide bonds. The topological polar surface area (TPSA) is 111 Å². The van der Waals surface area contributed by atoms with E-state index in [9.17, 15) is 19.5 Å². The molecule has 0 N–H and O–H groups in total. The van der Waals surface area contributed by atoms with Crippen molar-refractivity contribution < 1.29 is 42.9 Å². The highest BCUT2D eigenvalue weighted by Gasteiger charge is 2.21. The van der Waals surface area contributed by atoms with Gasteiger partial charge in [0.05, 0.1) is 40.3 Å². The largest absolute Gasteiger partial charge is 0.545 e. The molecule has 2 unspecified atom stereocenters. The quantitative estimate of drug-likeness (QED) is 0.0201. The summed E-state index contributed by atoms with van der Waals surface area (Å²) in [5.41, 5.74) is 0. The second-order valence-electron chi connectivity index (χ2n) is 15.3. The highest BCUT2D eigenvalue weighted by molar-refractivity contribution is 5.70. The van der Waals surface area contributed by atoms with Crippen LogP contribution in [0.4, 0.5) is 0 Å². The maximum atomic E-state index is 12.7. The first kappa shape index (κ1) is 51.2. The number of aliphatic carboxylic acids is 1. The summed E-state index contributed by atoms with van der Waals surface area (Å²) in [6.45, 7) is 4.58. The molecule has 2 atom stereocenters. The lowest BCUT2D eigenvalue weighted by molar-refractivity contribution is -0.870. The minimum absolute atomic E-state index is 0.144. The van der Waals surface area contributed by atoms with Crippen molar-refractivity contribution in [2.24, 2.45) is 0 Å². The molecule has 0 aromatic heterocycles. The van der Waals surface area contributed by atoms with Crippen LogP contribution >= 0.6 is 0 Å². The predicted octanol–water partition coefficient (Wildman–Crippen LogP) is 9.49. The molecule has 0 rings (SSSR count). The molecule has 0 aliphatic heterocycles. The zero-order chi connectivity index (χ0) is 40.0. The van der Waals surface area contributed by atoms with Gasteiger partial charge >= 0.3 is 11.9 Å². The molecule has 312 valence electrons. The first-order valence-corrected chi connectivity index (χ1v) is 21.3. The zero-order valence-corrected chi connectivity index (χ0v) is 35.1. The van der Waals surface area contributed by atoms with Crippen LogP contribution in [-0.4, -0.2) is 82.3 Å². The Balaban J connectivity index is 4.47. The molecule has 9 nitrogen and oxygen atoms in total. The molecule has 0 heterocycles. The Morgan fingerprint density at radius 2 is 1.06 bits per heavy atom. The van der Waals surface area contributed by atoms with Gasteiger partial charge in [-0.15, -0.1) is 0 Å². The molecule has 0 radical (unpaired) electrons. The van der Waals surface area contributed by atoms with E-state index in [1.165, 1.54) is 44.9 Å². The molecule has 0 saturated carbocycles. The van der Waals surface area contributed by atoms with Crippen molar-refractivity contribution >= 4 is 17.9 Å². The number of carbonyl (C=O) groups is 3. The van der Waals surface area contributed by atoms with E-state index in [-0.39, 0.29) is 38.6 Å². The number of unbranched alkanes of at least 4 members (excludes halogenated alkanes) is 15. The van der Waals surface area contributed by atoms with Crippen molar-refractivity contribution in [3.05, 3.63) is 48.6 Å². The summed E-state index contributed by atoms with van der Waals surface area (Å²) in [6.07, 6.45) is 38.5. The van der Waals surface area contributed by atoms with Crippen LogP contribution < -0.4 is 5.11 Å². The highest BCUT2D eigenvalue weighted by atomic mass is 16.7. The van der Waals surface area contributed by atoms with Crippen molar-refractivity contribution in [2.75, 3.05) is 47.5 Å². The molecule has 54 heavy (non-hydrogen) atoms. The van der Waals surface area contributed by atoms with Crippen LogP contribution in [0.15, 0.2) is 48.6 Å². The highest BCUT2D eigenvalue weighted by Crippen LogP contribution is 2.13. The van der Waals surface area contributed by atoms with Crippen LogP contribution in [-0.2, 0) is 33.3 Å². The number of quaternary nitrogens is 1. The Morgan fingerprint density at radius 3 is 1.57 bits per heavy atom. The first-order chi connectivity index (χ1) is 26.1. The third kappa shape index (κ3) is 37.6. The van der Waals surface area contributed by atoms with Crippen LogP contribution in [0.25, 0.3) is 0 Å². The molecule has 0 aromatic carbocycles. The molecule has 0 spiro atoms. The standard InChI is InChI=1S/C45H79NO8/c1-6-8-10-12-14-16-18-19-20-21-22-23-24-25-26-28-30-32-34-36-43(48)54-41(40-53-45(44(49)50)51-38-37-46(3,4)5)39-52-42(47)35-33-31-29-27-17-15-13-11-9-7-2/h8,10,14,16,19-20,22-23,41,45H,6-7,9,11-13,15,17-18,21,24-40H2,1-5H3/b10-8-,16-14-,20-19-,23-22-. The number of hydrogen-bond acceptors (Lipinski definition) is 8. The fourth-order valence-corrected chi connectivity index (χ4v) is 5.52. The summed E-state index contributed by atoms with van der Waals surface area (Å²) in [4.78, 5) is 36.8. The van der Waals surface area contributed by atoms with E-state index >= 15 is 0 Å². The monoisotopic (exact) mass is 762 g/mol. The number of carbonyl (C=O) groups excluding carboxylic acids is 3. The van der Waals surface area contributed by atoms with Crippen molar-refractivity contribution in [1.82, 2.24) is 0 Å². The molecule has 0 saturated heterocycles. The number of carboxylic acids is 1. The summed E-state index contributed by atoms with van der Waals surface area (Å²) in [7, 11) is 5.89. The van der Waals surface area contributed by atoms with E-state index < -0.39 is 24.3 Å². The molecule has 0 fully saturated rings. The van der Waals surface area contributed by atoms with Crippen LogP contribution in [0.3, 0.4) is 0 Å². The summed E-state index contributed by atoms with van der Waals surface area (Å²) >= 11 is 0. The second-order valence-corrected chi connectivity index (χ2v) is 15.3. The summed E-state index contributed by atoms with van der Waals surface area (Å²) in [5, 5.41) is 11.7. The van der Waals surface area contributed by atoms with Crippen LogP contribution in [0.2, 0.25) is 0 Å². The maximum absolute atomic E-state index is 12.7. The minimum Gasteiger partial charge on any atom is -0.545 e. The number of carboxylic acid groups (broad SMARTS) is 1. The number of nitrogens with zero attached hydrogens (tertiary/aromatic N) is 1. The van der Waals surface area contributed by atoms with Gasteiger partial charge in [-0.25, -0.2) is 0 Å². The van der Waals surface area contributed by atoms with Crippen molar-refractivity contribution in [3.63, 3.8) is 0 Å². The van der Waals surface area contributed by atoms with E-state index in [1.807, 2.05) is 21.1 Å². The van der Waals surface area contributed by atoms with Gasteiger partial charge in [0.25, 0.3) is 0 Å².